The van der Waals surface area contributed by atoms with Crippen molar-refractivity contribution in [2.75, 3.05) is 5.32 Å². The second kappa shape index (κ2) is 7.56. The zero-order valence-corrected chi connectivity index (χ0v) is 15.8. The Balaban J connectivity index is 1.53. The number of para-hydroxylation sites is 2. The molecule has 2 aromatic carbocycles. The highest BCUT2D eigenvalue weighted by molar-refractivity contribution is 6.06. The Bertz CT molecular complexity index is 1150. The third-order valence-electron chi connectivity index (χ3n) is 4.63. The molecule has 1 amide bonds. The molecule has 0 unspecified atom stereocenters. The molecule has 1 N–H and O–H groups in total. The lowest BCUT2D eigenvalue weighted by Crippen LogP contribution is -2.14. The van der Waals surface area contributed by atoms with Gasteiger partial charge in [-0.1, -0.05) is 36.4 Å². The van der Waals surface area contributed by atoms with Crippen LogP contribution < -0.4 is 10.1 Å². The third kappa shape index (κ3) is 3.60. The van der Waals surface area contributed by atoms with Gasteiger partial charge in [-0.25, -0.2) is 4.98 Å². The molecule has 2 aromatic heterocycles. The molecular weight excluding hydrogens is 350 g/mol. The first-order valence-electron chi connectivity index (χ1n) is 9.14. The first-order chi connectivity index (χ1) is 13.6. The van der Waals surface area contributed by atoms with Crippen molar-refractivity contribution in [3.05, 3.63) is 95.4 Å². The van der Waals surface area contributed by atoms with Crippen molar-refractivity contribution in [3.63, 3.8) is 0 Å². The molecular formula is C23H21N3O2. The molecule has 5 nitrogen and oxygen atoms in total. The van der Waals surface area contributed by atoms with E-state index in [0.717, 1.165) is 28.2 Å². The SMILES string of the molecule is Cc1ccccc1NC(=O)c1ccccc1OCc1cn2cccc(C)c2n1. The second-order valence-corrected chi connectivity index (χ2v) is 6.71. The standard InChI is InChI=1S/C23H21N3O2/c1-16-8-3-5-11-20(16)25-23(27)19-10-4-6-12-21(19)28-15-18-14-26-13-7-9-17(2)22(26)24-18/h3-14H,15H2,1-2H3,(H,25,27). The van der Waals surface area contributed by atoms with E-state index in [1.807, 2.05) is 79.2 Å². The highest BCUT2D eigenvalue weighted by Gasteiger charge is 2.14. The number of rotatable bonds is 5. The molecule has 0 radical (unpaired) electrons. The first kappa shape index (κ1) is 17.8. The molecule has 0 fully saturated rings. The number of anilines is 1. The average Bonchev–Trinajstić information content (AvgIpc) is 3.13. The minimum Gasteiger partial charge on any atom is -0.486 e. The van der Waals surface area contributed by atoms with Crippen LogP contribution in [-0.4, -0.2) is 15.3 Å². The summed E-state index contributed by atoms with van der Waals surface area (Å²) in [5, 5.41) is 2.96. The molecule has 0 aliphatic heterocycles. The zero-order chi connectivity index (χ0) is 19.5. The van der Waals surface area contributed by atoms with Gasteiger partial charge in [-0.3, -0.25) is 4.79 Å². The van der Waals surface area contributed by atoms with Gasteiger partial charge in [0.05, 0.1) is 11.3 Å². The predicted molar refractivity (Wildman–Crippen MR) is 110 cm³/mol. The lowest BCUT2D eigenvalue weighted by atomic mass is 10.1. The van der Waals surface area contributed by atoms with Gasteiger partial charge in [0.1, 0.15) is 18.0 Å². The maximum atomic E-state index is 12.8. The summed E-state index contributed by atoms with van der Waals surface area (Å²) in [6, 6.07) is 18.9. The van der Waals surface area contributed by atoms with Gasteiger partial charge in [0.2, 0.25) is 0 Å². The van der Waals surface area contributed by atoms with Gasteiger partial charge < -0.3 is 14.5 Å². The number of fused-ring (bicyclic) bond motifs is 1. The molecule has 0 aliphatic carbocycles. The van der Waals surface area contributed by atoms with E-state index >= 15 is 0 Å². The van der Waals surface area contributed by atoms with E-state index in [4.69, 9.17) is 4.74 Å². The lowest BCUT2D eigenvalue weighted by Gasteiger charge is -2.12. The minimum absolute atomic E-state index is 0.198. The molecule has 2 heterocycles. The van der Waals surface area contributed by atoms with Gasteiger partial charge in [-0.05, 0) is 49.2 Å². The number of aryl methyl sites for hydroxylation is 2. The van der Waals surface area contributed by atoms with Crippen molar-refractivity contribution in [3.8, 4) is 5.75 Å². The molecule has 0 aliphatic rings. The topological polar surface area (TPSA) is 55.6 Å². The largest absolute Gasteiger partial charge is 0.486 e. The lowest BCUT2D eigenvalue weighted by molar-refractivity contribution is 0.102. The molecule has 0 saturated carbocycles. The summed E-state index contributed by atoms with van der Waals surface area (Å²) in [6.45, 7) is 4.28. The van der Waals surface area contributed by atoms with E-state index < -0.39 is 0 Å². The van der Waals surface area contributed by atoms with Crippen LogP contribution >= 0.6 is 0 Å². The van der Waals surface area contributed by atoms with E-state index in [1.54, 1.807) is 12.1 Å². The Morgan fingerprint density at radius 2 is 1.75 bits per heavy atom. The van der Waals surface area contributed by atoms with E-state index in [9.17, 15) is 4.79 Å². The van der Waals surface area contributed by atoms with Crippen molar-refractivity contribution in [1.82, 2.24) is 9.38 Å². The molecule has 0 spiro atoms. The first-order valence-corrected chi connectivity index (χ1v) is 9.14. The molecule has 4 aromatic rings. The summed E-state index contributed by atoms with van der Waals surface area (Å²) in [5.41, 5.74) is 5.11. The molecule has 140 valence electrons. The van der Waals surface area contributed by atoms with Crippen molar-refractivity contribution >= 4 is 17.2 Å². The number of hydrogen-bond acceptors (Lipinski definition) is 3. The molecule has 0 atom stereocenters. The number of aromatic nitrogens is 2. The van der Waals surface area contributed by atoms with Gasteiger partial charge in [0.25, 0.3) is 5.91 Å². The molecule has 5 heteroatoms. The molecule has 0 saturated heterocycles. The maximum Gasteiger partial charge on any atom is 0.259 e. The van der Waals surface area contributed by atoms with Gasteiger partial charge in [0, 0.05) is 18.1 Å². The fourth-order valence-corrected chi connectivity index (χ4v) is 3.11. The Morgan fingerprint density at radius 3 is 2.57 bits per heavy atom. The number of ether oxygens (including phenoxy) is 1. The van der Waals surface area contributed by atoms with E-state index in [1.165, 1.54) is 0 Å². The van der Waals surface area contributed by atoms with Crippen LogP contribution in [0.2, 0.25) is 0 Å². The number of pyridine rings is 1. The van der Waals surface area contributed by atoms with Gasteiger partial charge in [0.15, 0.2) is 0 Å². The highest BCUT2D eigenvalue weighted by Crippen LogP contribution is 2.22. The van der Waals surface area contributed by atoms with Crippen molar-refractivity contribution in [2.45, 2.75) is 20.5 Å². The van der Waals surface area contributed by atoms with Crippen LogP contribution in [0.15, 0.2) is 73.1 Å². The fourth-order valence-electron chi connectivity index (χ4n) is 3.11. The van der Waals surface area contributed by atoms with Crippen molar-refractivity contribution in [1.29, 1.82) is 0 Å². The fraction of sp³-hybridized carbons (Fsp3) is 0.130. The highest BCUT2D eigenvalue weighted by atomic mass is 16.5. The minimum atomic E-state index is -0.198. The monoisotopic (exact) mass is 371 g/mol. The van der Waals surface area contributed by atoms with E-state index in [-0.39, 0.29) is 12.5 Å². The number of imidazole rings is 1. The summed E-state index contributed by atoms with van der Waals surface area (Å²) in [5.74, 6) is 0.332. The molecule has 4 rings (SSSR count). The average molecular weight is 371 g/mol. The summed E-state index contributed by atoms with van der Waals surface area (Å²) in [4.78, 5) is 17.4. The maximum absolute atomic E-state index is 12.8. The van der Waals surface area contributed by atoms with Crippen molar-refractivity contribution < 1.29 is 9.53 Å². The Morgan fingerprint density at radius 1 is 1.00 bits per heavy atom. The number of benzene rings is 2. The summed E-state index contributed by atoms with van der Waals surface area (Å²) in [6.07, 6.45) is 3.90. The number of carbonyl (C=O) groups excluding carboxylic acids is 1. The number of hydrogen-bond donors (Lipinski definition) is 1. The Hall–Kier alpha value is -3.60. The second-order valence-electron chi connectivity index (χ2n) is 6.71. The number of nitrogens with one attached hydrogen (secondary N) is 1. The normalized spacial score (nSPS) is 10.8. The summed E-state index contributed by atoms with van der Waals surface area (Å²) >= 11 is 0. The van der Waals surface area contributed by atoms with Crippen molar-refractivity contribution in [2.24, 2.45) is 0 Å². The van der Waals surface area contributed by atoms with Gasteiger partial charge in [-0.2, -0.15) is 0 Å². The Kier molecular flexibility index (Phi) is 4.81. The van der Waals surface area contributed by atoms with Crippen LogP contribution in [0.25, 0.3) is 5.65 Å². The van der Waals surface area contributed by atoms with E-state index in [0.29, 0.717) is 11.3 Å². The smallest absolute Gasteiger partial charge is 0.259 e. The molecule has 0 bridgehead atoms. The van der Waals surface area contributed by atoms with Crippen LogP contribution in [0.1, 0.15) is 27.2 Å². The number of nitrogens with zero attached hydrogens (tertiary/aromatic N) is 2. The number of carbonyl (C=O) groups is 1. The zero-order valence-electron chi connectivity index (χ0n) is 15.8. The van der Waals surface area contributed by atoms with Crippen LogP contribution in [0.5, 0.6) is 5.75 Å². The van der Waals surface area contributed by atoms with Crippen LogP contribution in [-0.2, 0) is 6.61 Å². The molecule has 28 heavy (non-hydrogen) atoms. The Labute approximate surface area is 163 Å². The summed E-state index contributed by atoms with van der Waals surface area (Å²) < 4.78 is 7.92. The van der Waals surface area contributed by atoms with Crippen LogP contribution in [0.3, 0.4) is 0 Å². The van der Waals surface area contributed by atoms with Crippen LogP contribution in [0, 0.1) is 13.8 Å². The number of amides is 1. The third-order valence-corrected chi connectivity index (χ3v) is 4.63. The van der Waals surface area contributed by atoms with E-state index in [2.05, 4.69) is 10.3 Å². The van der Waals surface area contributed by atoms with Gasteiger partial charge in [-0.15, -0.1) is 0 Å². The predicted octanol–water partition coefficient (Wildman–Crippen LogP) is 4.78. The van der Waals surface area contributed by atoms with Gasteiger partial charge >= 0.3 is 0 Å². The summed E-state index contributed by atoms with van der Waals surface area (Å²) in [7, 11) is 0. The quantitative estimate of drug-likeness (QED) is 0.549. The van der Waals surface area contributed by atoms with Crippen LogP contribution in [0.4, 0.5) is 5.69 Å².